The highest BCUT2D eigenvalue weighted by molar-refractivity contribution is 5.75. The van der Waals surface area contributed by atoms with Gasteiger partial charge < -0.3 is 10.6 Å². The molecule has 0 unspecified atom stereocenters. The third kappa shape index (κ3) is 4.64. The lowest BCUT2D eigenvalue weighted by molar-refractivity contribution is -0.121. The molecule has 7 nitrogen and oxygen atoms in total. The molecule has 7 heteroatoms. The summed E-state index contributed by atoms with van der Waals surface area (Å²) >= 11 is 0. The van der Waals surface area contributed by atoms with E-state index < -0.39 is 5.69 Å². The molecule has 0 spiro atoms. The number of pyridine rings is 1. The number of rotatable bonds is 6. The van der Waals surface area contributed by atoms with Crippen LogP contribution < -0.4 is 16.3 Å². The predicted octanol–water partition coefficient (Wildman–Crippen LogP) is 0.792. The van der Waals surface area contributed by atoms with Crippen molar-refractivity contribution >= 4 is 11.6 Å². The minimum atomic E-state index is -0.400. The van der Waals surface area contributed by atoms with E-state index in [-0.39, 0.29) is 12.5 Å². The molecule has 0 aliphatic heterocycles. The molecule has 0 saturated carbocycles. The molecule has 23 heavy (non-hydrogen) atoms. The molecule has 0 fully saturated rings. The number of carbonyl (C=O) groups is 1. The van der Waals surface area contributed by atoms with Crippen molar-refractivity contribution in [3.8, 4) is 0 Å². The molecule has 0 aliphatic carbocycles. The van der Waals surface area contributed by atoms with Crippen molar-refractivity contribution < 1.29 is 4.79 Å². The first kappa shape index (κ1) is 16.7. The zero-order chi connectivity index (χ0) is 16.8. The smallest absolute Gasteiger partial charge is 0.348 e. The van der Waals surface area contributed by atoms with E-state index in [1.807, 2.05) is 13.0 Å². The Labute approximate surface area is 134 Å². The van der Waals surface area contributed by atoms with E-state index in [1.165, 1.54) is 4.57 Å². The molecule has 0 aromatic carbocycles. The summed E-state index contributed by atoms with van der Waals surface area (Å²) in [5, 5.41) is 6.01. The summed E-state index contributed by atoms with van der Waals surface area (Å²) in [6, 6.07) is 3.67. The fourth-order valence-electron chi connectivity index (χ4n) is 2.24. The predicted molar refractivity (Wildman–Crippen MR) is 88.4 cm³/mol. The summed E-state index contributed by atoms with van der Waals surface area (Å²) in [5.41, 5.74) is 3.02. The maximum Gasteiger partial charge on any atom is 0.348 e. The molecule has 0 radical (unpaired) electrons. The Kier molecular flexibility index (Phi) is 5.46. The van der Waals surface area contributed by atoms with Crippen molar-refractivity contribution in [1.29, 1.82) is 0 Å². The molecule has 0 aliphatic rings. The Balaban J connectivity index is 1.82. The van der Waals surface area contributed by atoms with Crippen LogP contribution in [0.3, 0.4) is 0 Å². The van der Waals surface area contributed by atoms with Crippen LogP contribution >= 0.6 is 0 Å². The number of nitrogens with one attached hydrogen (secondary N) is 2. The van der Waals surface area contributed by atoms with Crippen LogP contribution in [0.1, 0.15) is 17.0 Å². The second kappa shape index (κ2) is 7.53. The first-order valence-electron chi connectivity index (χ1n) is 7.43. The number of anilines is 1. The van der Waals surface area contributed by atoms with Gasteiger partial charge in [0.25, 0.3) is 0 Å². The standard InChI is InChI=1S/C16H21N5O2/c1-11-9-17-5-4-14(11)18-6-7-19-15(22)10-21-13(3)8-12(2)20-16(21)23/h4-5,8-9H,6-7,10H2,1-3H3,(H,17,18)(H,19,22). The van der Waals surface area contributed by atoms with Crippen molar-refractivity contribution in [2.24, 2.45) is 0 Å². The topological polar surface area (TPSA) is 88.9 Å². The fourth-order valence-corrected chi connectivity index (χ4v) is 2.24. The summed E-state index contributed by atoms with van der Waals surface area (Å²) in [5.74, 6) is -0.214. The molecule has 0 saturated heterocycles. The van der Waals surface area contributed by atoms with Crippen LogP contribution in [0, 0.1) is 20.8 Å². The van der Waals surface area contributed by atoms with Crippen LogP contribution in [0.4, 0.5) is 5.69 Å². The lowest BCUT2D eigenvalue weighted by Crippen LogP contribution is -2.36. The Morgan fingerprint density at radius 3 is 2.74 bits per heavy atom. The quantitative estimate of drug-likeness (QED) is 0.770. The van der Waals surface area contributed by atoms with Crippen LogP contribution in [0.15, 0.2) is 29.3 Å². The third-order valence-electron chi connectivity index (χ3n) is 3.43. The summed E-state index contributed by atoms with van der Waals surface area (Å²) in [4.78, 5) is 31.6. The molecule has 0 bridgehead atoms. The van der Waals surface area contributed by atoms with Gasteiger partial charge in [0.15, 0.2) is 0 Å². The average molecular weight is 315 g/mol. The van der Waals surface area contributed by atoms with E-state index in [1.54, 1.807) is 32.3 Å². The Morgan fingerprint density at radius 1 is 1.26 bits per heavy atom. The van der Waals surface area contributed by atoms with Gasteiger partial charge in [-0.3, -0.25) is 14.3 Å². The number of carbonyl (C=O) groups excluding carboxylic acids is 1. The first-order valence-corrected chi connectivity index (χ1v) is 7.43. The highest BCUT2D eigenvalue weighted by Crippen LogP contribution is 2.10. The van der Waals surface area contributed by atoms with Gasteiger partial charge in [-0.25, -0.2) is 4.79 Å². The summed E-state index contributed by atoms with van der Waals surface area (Å²) in [7, 11) is 0. The van der Waals surface area contributed by atoms with E-state index in [9.17, 15) is 9.59 Å². The number of aromatic nitrogens is 3. The summed E-state index contributed by atoms with van der Waals surface area (Å²) in [6.07, 6.45) is 3.49. The molecule has 0 atom stereocenters. The highest BCUT2D eigenvalue weighted by Gasteiger charge is 2.08. The van der Waals surface area contributed by atoms with Crippen molar-refractivity contribution in [2.75, 3.05) is 18.4 Å². The van der Waals surface area contributed by atoms with Gasteiger partial charge in [0.1, 0.15) is 6.54 Å². The van der Waals surface area contributed by atoms with Gasteiger partial charge in [0.2, 0.25) is 5.91 Å². The van der Waals surface area contributed by atoms with Gasteiger partial charge in [0.05, 0.1) is 0 Å². The minimum Gasteiger partial charge on any atom is -0.383 e. The molecule has 2 N–H and O–H groups in total. The second-order valence-electron chi connectivity index (χ2n) is 5.37. The lowest BCUT2D eigenvalue weighted by Gasteiger charge is -2.11. The van der Waals surface area contributed by atoms with Crippen molar-refractivity contribution in [1.82, 2.24) is 19.9 Å². The Hall–Kier alpha value is -2.70. The van der Waals surface area contributed by atoms with Crippen molar-refractivity contribution in [3.63, 3.8) is 0 Å². The van der Waals surface area contributed by atoms with Crippen LogP contribution in [0.5, 0.6) is 0 Å². The number of nitrogens with zero attached hydrogens (tertiary/aromatic N) is 3. The molecular formula is C16H21N5O2. The maximum absolute atomic E-state index is 11.9. The van der Waals surface area contributed by atoms with E-state index in [2.05, 4.69) is 20.6 Å². The van der Waals surface area contributed by atoms with E-state index in [4.69, 9.17) is 0 Å². The second-order valence-corrected chi connectivity index (χ2v) is 5.37. The van der Waals surface area contributed by atoms with E-state index in [0.717, 1.165) is 16.9 Å². The molecule has 2 aromatic heterocycles. The van der Waals surface area contributed by atoms with Gasteiger partial charge in [-0.2, -0.15) is 4.98 Å². The van der Waals surface area contributed by atoms with Gasteiger partial charge in [-0.1, -0.05) is 0 Å². The molecule has 1 amide bonds. The van der Waals surface area contributed by atoms with Crippen LogP contribution in [0.2, 0.25) is 0 Å². The molecular weight excluding hydrogens is 294 g/mol. The van der Waals surface area contributed by atoms with Crippen molar-refractivity contribution in [2.45, 2.75) is 27.3 Å². The largest absolute Gasteiger partial charge is 0.383 e. The molecule has 122 valence electrons. The Morgan fingerprint density at radius 2 is 2.04 bits per heavy atom. The van der Waals surface area contributed by atoms with E-state index >= 15 is 0 Å². The SMILES string of the molecule is Cc1cc(C)n(CC(=O)NCCNc2ccncc2C)c(=O)n1. The van der Waals surface area contributed by atoms with E-state index in [0.29, 0.717) is 18.8 Å². The summed E-state index contributed by atoms with van der Waals surface area (Å²) < 4.78 is 1.36. The average Bonchev–Trinajstić information content (AvgIpc) is 2.49. The Bertz CT molecular complexity index is 754. The minimum absolute atomic E-state index is 0.0216. The normalized spacial score (nSPS) is 10.4. The zero-order valence-corrected chi connectivity index (χ0v) is 13.6. The lowest BCUT2D eigenvalue weighted by atomic mass is 10.2. The first-order chi connectivity index (χ1) is 11.0. The van der Waals surface area contributed by atoms with Gasteiger partial charge in [0, 0.05) is 42.6 Å². The fraction of sp³-hybridized carbons (Fsp3) is 0.375. The van der Waals surface area contributed by atoms with Crippen LogP contribution in [-0.4, -0.2) is 33.5 Å². The molecule has 2 heterocycles. The number of hydrogen-bond donors (Lipinski definition) is 2. The third-order valence-corrected chi connectivity index (χ3v) is 3.43. The van der Waals surface area contributed by atoms with Crippen LogP contribution in [-0.2, 0) is 11.3 Å². The maximum atomic E-state index is 11.9. The number of amides is 1. The summed E-state index contributed by atoms with van der Waals surface area (Å²) in [6.45, 7) is 6.55. The van der Waals surface area contributed by atoms with Crippen molar-refractivity contribution in [3.05, 3.63) is 52.0 Å². The zero-order valence-electron chi connectivity index (χ0n) is 13.6. The van der Waals surface area contributed by atoms with Crippen LogP contribution in [0.25, 0.3) is 0 Å². The number of hydrogen-bond acceptors (Lipinski definition) is 5. The van der Waals surface area contributed by atoms with Gasteiger partial charge in [-0.05, 0) is 38.5 Å². The van der Waals surface area contributed by atoms with Gasteiger partial charge >= 0.3 is 5.69 Å². The number of aryl methyl sites for hydroxylation is 3. The monoisotopic (exact) mass is 315 g/mol. The highest BCUT2D eigenvalue weighted by atomic mass is 16.2. The molecule has 2 rings (SSSR count). The molecule has 2 aromatic rings. The van der Waals surface area contributed by atoms with Gasteiger partial charge in [-0.15, -0.1) is 0 Å².